The fourth-order valence-corrected chi connectivity index (χ4v) is 5.13. The van der Waals surface area contributed by atoms with Gasteiger partial charge in [0, 0.05) is 0 Å². The predicted octanol–water partition coefficient (Wildman–Crippen LogP) is 6.20. The first kappa shape index (κ1) is 24.9. The van der Waals surface area contributed by atoms with E-state index < -0.39 is 8.32 Å². The Balaban J connectivity index is 1.24. The Hall–Kier alpha value is -0.723. The quantitative estimate of drug-likeness (QED) is 0.266. The summed E-state index contributed by atoms with van der Waals surface area (Å²) >= 11 is 0. The monoisotopic (exact) mass is 448 g/mol. The Morgan fingerprint density at radius 3 is 1.97 bits per heavy atom. The molecule has 0 N–H and O–H groups in total. The molecule has 2 heterocycles. The summed E-state index contributed by atoms with van der Waals surface area (Å²) in [6.45, 7) is 18.3. The number of ether oxygens (including phenoxy) is 3. The number of epoxide rings is 2. The lowest BCUT2D eigenvalue weighted by atomic mass is 9.90. The van der Waals surface area contributed by atoms with E-state index in [0.717, 1.165) is 19.4 Å². The summed E-state index contributed by atoms with van der Waals surface area (Å²) in [6, 6.07) is 10.3. The van der Waals surface area contributed by atoms with Gasteiger partial charge in [0.25, 0.3) is 0 Å². The van der Waals surface area contributed by atoms with Crippen LogP contribution in [0.5, 0.6) is 0 Å². The van der Waals surface area contributed by atoms with Crippen molar-refractivity contribution in [2.24, 2.45) is 11.8 Å². The fourth-order valence-electron chi connectivity index (χ4n) is 4.11. The summed E-state index contributed by atoms with van der Waals surface area (Å²) in [5.41, 5.74) is 1.22. The van der Waals surface area contributed by atoms with Crippen molar-refractivity contribution in [3.63, 3.8) is 0 Å². The van der Waals surface area contributed by atoms with Crippen molar-refractivity contribution in [3.8, 4) is 0 Å². The molecule has 0 saturated carbocycles. The molecule has 0 radical (unpaired) electrons. The van der Waals surface area contributed by atoms with Gasteiger partial charge in [0.1, 0.15) is 12.2 Å². The van der Waals surface area contributed by atoms with Gasteiger partial charge in [-0.05, 0) is 54.8 Å². The van der Waals surface area contributed by atoms with Gasteiger partial charge in [0.05, 0.1) is 32.0 Å². The lowest BCUT2D eigenvalue weighted by molar-refractivity contribution is 0.104. The highest BCUT2D eigenvalue weighted by Gasteiger charge is 2.44. The molecule has 6 atom stereocenters. The van der Waals surface area contributed by atoms with E-state index in [-0.39, 0.29) is 11.1 Å². The van der Waals surface area contributed by atoms with Gasteiger partial charge in [-0.1, -0.05) is 65.0 Å². The topological polar surface area (TPSA) is 43.5 Å². The van der Waals surface area contributed by atoms with E-state index in [1.165, 1.54) is 12.0 Å². The van der Waals surface area contributed by atoms with E-state index in [1.54, 1.807) is 0 Å². The second kappa shape index (κ2) is 10.5. The highest BCUT2D eigenvalue weighted by molar-refractivity contribution is 6.74. The van der Waals surface area contributed by atoms with Gasteiger partial charge in [-0.2, -0.15) is 0 Å². The number of rotatable bonds is 13. The summed E-state index contributed by atoms with van der Waals surface area (Å²) in [4.78, 5) is 0. The first-order chi connectivity index (χ1) is 14.5. The van der Waals surface area contributed by atoms with Crippen LogP contribution >= 0.6 is 0 Å². The van der Waals surface area contributed by atoms with Gasteiger partial charge in [0.2, 0.25) is 0 Å². The zero-order valence-corrected chi connectivity index (χ0v) is 21.7. The third kappa shape index (κ3) is 7.97. The second-order valence-electron chi connectivity index (χ2n) is 11.4. The van der Waals surface area contributed by atoms with E-state index >= 15 is 0 Å². The molecule has 2 aliphatic heterocycles. The highest BCUT2D eigenvalue weighted by Crippen LogP contribution is 2.39. The van der Waals surface area contributed by atoms with E-state index in [9.17, 15) is 0 Å². The molecule has 2 saturated heterocycles. The van der Waals surface area contributed by atoms with E-state index in [4.69, 9.17) is 18.6 Å². The lowest BCUT2D eigenvalue weighted by Crippen LogP contribution is -2.41. The van der Waals surface area contributed by atoms with Crippen molar-refractivity contribution >= 4 is 8.32 Å². The van der Waals surface area contributed by atoms with Gasteiger partial charge >= 0.3 is 0 Å². The number of hydrogen-bond donors (Lipinski definition) is 0. The Morgan fingerprint density at radius 2 is 1.42 bits per heavy atom. The van der Waals surface area contributed by atoms with Crippen LogP contribution in [-0.4, -0.2) is 45.9 Å². The van der Waals surface area contributed by atoms with Gasteiger partial charge in [-0.3, -0.25) is 0 Å². The second-order valence-corrected chi connectivity index (χ2v) is 16.2. The Labute approximate surface area is 191 Å². The molecule has 5 heteroatoms. The number of hydrogen-bond acceptors (Lipinski definition) is 4. The van der Waals surface area contributed by atoms with E-state index in [0.29, 0.717) is 43.4 Å². The molecule has 31 heavy (non-hydrogen) atoms. The smallest absolute Gasteiger partial charge is 0.192 e. The molecule has 1 aromatic carbocycles. The highest BCUT2D eigenvalue weighted by atomic mass is 28.4. The Bertz CT molecular complexity index is 672. The lowest BCUT2D eigenvalue weighted by Gasteiger charge is -2.36. The minimum absolute atomic E-state index is 0.259. The fraction of sp³-hybridized carbons (Fsp3) is 0.769. The molecule has 176 valence electrons. The molecule has 0 bridgehead atoms. The first-order valence-corrected chi connectivity index (χ1v) is 15.0. The van der Waals surface area contributed by atoms with Crippen LogP contribution in [0.1, 0.15) is 59.4 Å². The summed E-state index contributed by atoms with van der Waals surface area (Å²) < 4.78 is 23.9. The van der Waals surface area contributed by atoms with Gasteiger partial charge < -0.3 is 18.6 Å². The minimum atomic E-state index is -1.67. The average Bonchev–Trinajstić information content (AvgIpc) is 3.58. The molecule has 0 aliphatic carbocycles. The summed E-state index contributed by atoms with van der Waals surface area (Å²) in [5, 5.41) is 0.259. The normalized spacial score (nSPS) is 27.7. The van der Waals surface area contributed by atoms with E-state index in [1.807, 2.05) is 18.2 Å². The molecule has 2 fully saturated rings. The van der Waals surface area contributed by atoms with Crippen molar-refractivity contribution in [1.29, 1.82) is 0 Å². The largest absolute Gasteiger partial charge is 0.414 e. The SMILES string of the molecule is C[C@H](C[C@H](C)C[C@H]1O[C@H]1COCc1ccccc1)C[C@H]1O[C@H]1CO[Si](C)(C)C(C)(C)C. The minimum Gasteiger partial charge on any atom is -0.414 e. The molecule has 3 rings (SSSR count). The van der Waals surface area contributed by atoms with Crippen molar-refractivity contribution in [2.75, 3.05) is 13.2 Å². The van der Waals surface area contributed by atoms with Crippen molar-refractivity contribution in [3.05, 3.63) is 35.9 Å². The zero-order chi connectivity index (χ0) is 22.6. The molecule has 2 aliphatic rings. The molecule has 4 nitrogen and oxygen atoms in total. The third-order valence-corrected chi connectivity index (χ3v) is 11.8. The van der Waals surface area contributed by atoms with Crippen LogP contribution in [0.3, 0.4) is 0 Å². The van der Waals surface area contributed by atoms with Crippen LogP contribution in [0.2, 0.25) is 18.1 Å². The van der Waals surface area contributed by atoms with Crippen molar-refractivity contribution < 1.29 is 18.6 Å². The van der Waals surface area contributed by atoms with Gasteiger partial charge in [0.15, 0.2) is 8.32 Å². The van der Waals surface area contributed by atoms with Crippen LogP contribution in [0.15, 0.2) is 30.3 Å². The predicted molar refractivity (Wildman–Crippen MR) is 129 cm³/mol. The Kier molecular flexibility index (Phi) is 8.42. The summed E-state index contributed by atoms with van der Waals surface area (Å²) in [7, 11) is -1.67. The van der Waals surface area contributed by atoms with Crippen molar-refractivity contribution in [1.82, 2.24) is 0 Å². The molecule has 0 spiro atoms. The maximum atomic E-state index is 6.33. The molecular weight excluding hydrogens is 404 g/mol. The first-order valence-electron chi connectivity index (χ1n) is 12.1. The zero-order valence-electron chi connectivity index (χ0n) is 20.7. The number of benzene rings is 1. The molecule has 0 unspecified atom stereocenters. The van der Waals surface area contributed by atoms with Crippen LogP contribution in [0.4, 0.5) is 0 Å². The van der Waals surface area contributed by atoms with Crippen LogP contribution in [0, 0.1) is 11.8 Å². The Morgan fingerprint density at radius 1 is 0.871 bits per heavy atom. The molecule has 0 amide bonds. The summed E-state index contributed by atoms with van der Waals surface area (Å²) in [6.07, 6.45) is 4.87. The average molecular weight is 449 g/mol. The molecule has 0 aromatic heterocycles. The van der Waals surface area contributed by atoms with Crippen molar-refractivity contribution in [2.45, 2.75) is 103 Å². The van der Waals surface area contributed by atoms with Crippen LogP contribution in [0.25, 0.3) is 0 Å². The molecule has 1 aromatic rings. The maximum Gasteiger partial charge on any atom is 0.192 e. The van der Waals surface area contributed by atoms with Crippen LogP contribution in [-0.2, 0) is 25.2 Å². The standard InChI is InChI=1S/C26H44O4Si/c1-19(14-22-24(29-22)17-27-16-21-11-9-8-10-12-21)13-20(2)15-23-25(30-23)18-28-31(6,7)26(3,4)5/h8-12,19-20,22-25H,13-18H2,1-7H3/t19-,20+,22+,23+,24-,25-/m0/s1. The maximum absolute atomic E-state index is 6.33. The summed E-state index contributed by atoms with van der Waals surface area (Å²) in [5.74, 6) is 1.34. The molecular formula is C26H44O4Si. The van der Waals surface area contributed by atoms with E-state index in [2.05, 4.69) is 59.8 Å². The van der Waals surface area contributed by atoms with Crippen LogP contribution < -0.4 is 0 Å². The van der Waals surface area contributed by atoms with Gasteiger partial charge in [-0.25, -0.2) is 0 Å². The van der Waals surface area contributed by atoms with Gasteiger partial charge in [-0.15, -0.1) is 0 Å². The third-order valence-electron chi connectivity index (χ3n) is 7.26.